The van der Waals surface area contributed by atoms with Crippen molar-refractivity contribution in [3.63, 3.8) is 0 Å². The number of halogens is 2. The van der Waals surface area contributed by atoms with Gasteiger partial charge in [-0.1, -0.05) is 11.6 Å². The highest BCUT2D eigenvalue weighted by Crippen LogP contribution is 2.32. The predicted molar refractivity (Wildman–Crippen MR) is 223 cm³/mol. The van der Waals surface area contributed by atoms with E-state index in [4.69, 9.17) is 35.6 Å². The zero-order valence-electron chi connectivity index (χ0n) is 33.4. The molecule has 4 heterocycles. The Balaban J connectivity index is 0.000000203. The molecule has 0 saturated carbocycles. The summed E-state index contributed by atoms with van der Waals surface area (Å²) in [5, 5.41) is 4.14. The van der Waals surface area contributed by atoms with Gasteiger partial charge in [-0.3, -0.25) is 19.2 Å². The second kappa shape index (κ2) is 18.0. The Morgan fingerprint density at radius 3 is 1.59 bits per heavy atom. The van der Waals surface area contributed by atoms with Crippen molar-refractivity contribution in [3.8, 4) is 0 Å². The van der Waals surface area contributed by atoms with Gasteiger partial charge in [0.25, 0.3) is 11.8 Å². The second-order valence-electron chi connectivity index (χ2n) is 14.7. The first-order chi connectivity index (χ1) is 27.6. The number of nitrogens with one attached hydrogen (secondary N) is 1. The van der Waals surface area contributed by atoms with Gasteiger partial charge in [-0.15, -0.1) is 0 Å². The molecule has 308 valence electrons. The number of ether oxygens (including phenoxy) is 2. The number of fused-ring (bicyclic) bond motifs is 2. The molecule has 16 heteroatoms. The molecule has 2 aliphatic heterocycles. The summed E-state index contributed by atoms with van der Waals surface area (Å²) in [6, 6.07) is 12.8. The van der Waals surface area contributed by atoms with Crippen LogP contribution in [0.2, 0.25) is 5.02 Å². The Bertz CT molecular complexity index is 2420. The summed E-state index contributed by atoms with van der Waals surface area (Å²) in [5.74, 6) is 0.0649. The van der Waals surface area contributed by atoms with E-state index in [9.17, 15) is 23.6 Å². The average Bonchev–Trinajstić information content (AvgIpc) is 3.19. The van der Waals surface area contributed by atoms with Crippen molar-refractivity contribution in [3.05, 3.63) is 108 Å². The van der Waals surface area contributed by atoms with E-state index >= 15 is 0 Å². The summed E-state index contributed by atoms with van der Waals surface area (Å²) >= 11 is 6.00. The van der Waals surface area contributed by atoms with E-state index in [0.29, 0.717) is 114 Å². The molecular weight excluding hydrogens is 771 g/mol. The van der Waals surface area contributed by atoms with Crippen molar-refractivity contribution < 1.29 is 32.3 Å². The predicted octanol–water partition coefficient (Wildman–Crippen LogP) is 5.65. The molecule has 2 amide bonds. The summed E-state index contributed by atoms with van der Waals surface area (Å²) in [6.45, 7) is 8.48. The van der Waals surface area contributed by atoms with Crippen LogP contribution in [0.4, 0.5) is 21.8 Å². The van der Waals surface area contributed by atoms with Crippen LogP contribution >= 0.6 is 11.6 Å². The van der Waals surface area contributed by atoms with Crippen LogP contribution in [0.5, 0.6) is 0 Å². The molecule has 0 radical (unpaired) electrons. The summed E-state index contributed by atoms with van der Waals surface area (Å²) in [5.41, 5.74) is 8.99. The van der Waals surface area contributed by atoms with Crippen LogP contribution in [0.15, 0.2) is 73.0 Å². The molecule has 5 aromatic rings. The first kappa shape index (κ1) is 42.1. The Hall–Kier alpha value is -5.48. The van der Waals surface area contributed by atoms with Gasteiger partial charge in [0, 0.05) is 106 Å². The molecule has 3 aromatic carbocycles. The molecule has 3 N–H and O–H groups in total. The van der Waals surface area contributed by atoms with E-state index in [-0.39, 0.29) is 33.7 Å². The van der Waals surface area contributed by atoms with Crippen molar-refractivity contribution in [1.29, 1.82) is 0 Å². The highest BCUT2D eigenvalue weighted by molar-refractivity contribution is 6.30. The van der Waals surface area contributed by atoms with Crippen LogP contribution in [0, 0.1) is 5.82 Å². The van der Waals surface area contributed by atoms with Gasteiger partial charge in [-0.05, 0) is 56.3 Å². The highest BCUT2D eigenvalue weighted by Gasteiger charge is 2.23. The number of hydrogen-bond acceptors (Lipinski definition) is 12. The van der Waals surface area contributed by atoms with Crippen LogP contribution in [-0.4, -0.2) is 102 Å². The standard InChI is InChI=1S/C24H25ClFN3O4.C18H23N3O4/c1-14(27-18-11-16(25)10-17(26)12-18)19-8-15(24(31)28(2)3)9-20-21(30)13-22(33-23(19)20)29-4-6-32-7-5-29;1-11(19)13-8-12(18(23)20(2)3)9-14-15(22)10-16(25-17(13)14)21-4-6-24-7-5-21/h8-14,27H,4-7H2,1-3H3;8-11H,4-7,19H2,1-3H3. The molecule has 0 aliphatic carbocycles. The van der Waals surface area contributed by atoms with Gasteiger partial charge >= 0.3 is 0 Å². The number of morpholine rings is 2. The molecule has 58 heavy (non-hydrogen) atoms. The number of carbonyl (C=O) groups excluding carboxylic acids is 2. The average molecular weight is 819 g/mol. The van der Waals surface area contributed by atoms with Gasteiger partial charge in [0.2, 0.25) is 0 Å². The van der Waals surface area contributed by atoms with Crippen LogP contribution in [0.3, 0.4) is 0 Å². The van der Waals surface area contributed by atoms with Gasteiger partial charge in [0.1, 0.15) is 17.0 Å². The summed E-state index contributed by atoms with van der Waals surface area (Å²) in [4.78, 5) is 57.6. The molecule has 0 bridgehead atoms. The number of nitrogens with zero attached hydrogens (tertiary/aromatic N) is 4. The van der Waals surface area contributed by atoms with Crippen LogP contribution < -0.4 is 31.7 Å². The molecule has 14 nitrogen and oxygen atoms in total. The lowest BCUT2D eigenvalue weighted by atomic mass is 10.00. The lowest BCUT2D eigenvalue weighted by Gasteiger charge is -2.27. The normalized spacial score (nSPS) is 15.4. The van der Waals surface area contributed by atoms with E-state index in [0.717, 1.165) is 0 Å². The summed E-state index contributed by atoms with van der Waals surface area (Å²) < 4.78 is 36.8. The van der Waals surface area contributed by atoms with E-state index in [1.54, 1.807) is 65.4 Å². The third-order valence-electron chi connectivity index (χ3n) is 9.84. The van der Waals surface area contributed by atoms with Crippen LogP contribution in [0.1, 0.15) is 57.8 Å². The van der Waals surface area contributed by atoms with E-state index < -0.39 is 11.9 Å². The summed E-state index contributed by atoms with van der Waals surface area (Å²) in [7, 11) is 6.63. The topological polar surface area (TPSA) is 164 Å². The first-order valence-electron chi connectivity index (χ1n) is 18.9. The van der Waals surface area contributed by atoms with E-state index in [2.05, 4.69) is 5.32 Å². The van der Waals surface area contributed by atoms with Crippen molar-refractivity contribution in [1.82, 2.24) is 9.80 Å². The lowest BCUT2D eigenvalue weighted by molar-refractivity contribution is 0.0820. The van der Waals surface area contributed by atoms with Crippen LogP contribution in [0.25, 0.3) is 21.9 Å². The number of benzene rings is 3. The van der Waals surface area contributed by atoms with Crippen molar-refractivity contribution in [2.45, 2.75) is 25.9 Å². The lowest BCUT2D eigenvalue weighted by Crippen LogP contribution is -2.36. The van der Waals surface area contributed by atoms with Gasteiger partial charge in [0.05, 0.1) is 43.2 Å². The monoisotopic (exact) mass is 818 g/mol. The molecule has 2 aliphatic rings. The maximum Gasteiger partial charge on any atom is 0.253 e. The molecule has 2 saturated heterocycles. The SMILES string of the molecule is CC(N)c1cc(C(=O)N(C)C)cc2c(=O)cc(N3CCOCC3)oc12.CC(Nc1cc(F)cc(Cl)c1)c1cc(C(=O)N(C)C)cc2c(=O)cc(N3CCOCC3)oc12. The third-order valence-corrected chi connectivity index (χ3v) is 10.1. The minimum atomic E-state index is -0.472. The zero-order chi connectivity index (χ0) is 41.8. The van der Waals surface area contributed by atoms with Crippen LogP contribution in [-0.2, 0) is 9.47 Å². The number of amides is 2. The van der Waals surface area contributed by atoms with E-state index in [1.807, 2.05) is 16.7 Å². The molecule has 2 atom stereocenters. The third kappa shape index (κ3) is 9.45. The zero-order valence-corrected chi connectivity index (χ0v) is 34.2. The fourth-order valence-electron chi connectivity index (χ4n) is 6.81. The smallest absolute Gasteiger partial charge is 0.253 e. The van der Waals surface area contributed by atoms with Gasteiger partial charge in [-0.2, -0.15) is 0 Å². The molecule has 2 unspecified atom stereocenters. The Morgan fingerprint density at radius 2 is 1.16 bits per heavy atom. The minimum Gasteiger partial charge on any atom is -0.440 e. The van der Waals surface area contributed by atoms with Crippen molar-refractivity contribution in [2.75, 3.05) is 95.9 Å². The second-order valence-corrected chi connectivity index (χ2v) is 15.1. The van der Waals surface area contributed by atoms with Gasteiger partial charge in [0.15, 0.2) is 22.6 Å². The fraction of sp³-hybridized carbons (Fsp3) is 0.381. The number of anilines is 3. The van der Waals surface area contributed by atoms with Crippen molar-refractivity contribution in [2.24, 2.45) is 5.73 Å². The molecule has 7 rings (SSSR count). The largest absolute Gasteiger partial charge is 0.440 e. The number of rotatable bonds is 8. The number of carbonyl (C=O) groups is 2. The maximum absolute atomic E-state index is 13.9. The maximum atomic E-state index is 13.9. The molecule has 2 aromatic heterocycles. The Morgan fingerprint density at radius 1 is 0.707 bits per heavy atom. The number of hydrogen-bond donors (Lipinski definition) is 2. The van der Waals surface area contributed by atoms with Gasteiger partial charge in [-0.25, -0.2) is 4.39 Å². The minimum absolute atomic E-state index is 0.180. The quantitative estimate of drug-likeness (QED) is 0.198. The molecule has 2 fully saturated rings. The van der Waals surface area contributed by atoms with E-state index in [1.165, 1.54) is 34.1 Å². The number of nitrogens with two attached hydrogens (primary N) is 1. The van der Waals surface area contributed by atoms with Crippen molar-refractivity contribution >= 4 is 62.8 Å². The molecule has 0 spiro atoms. The Labute approximate surface area is 339 Å². The molecular formula is C42H48ClFN6O8. The Kier molecular flexibility index (Phi) is 13.1. The summed E-state index contributed by atoms with van der Waals surface area (Å²) in [6.07, 6.45) is 0. The van der Waals surface area contributed by atoms with Gasteiger partial charge < -0.3 is 49.0 Å². The first-order valence-corrected chi connectivity index (χ1v) is 19.3. The highest BCUT2D eigenvalue weighted by atomic mass is 35.5. The fourth-order valence-corrected chi connectivity index (χ4v) is 7.03.